The molecule has 0 heterocycles. The van der Waals surface area contributed by atoms with Gasteiger partial charge in [0.25, 0.3) is 0 Å². The van der Waals surface area contributed by atoms with Crippen molar-refractivity contribution in [3.8, 4) is 5.75 Å². The molecule has 0 fully saturated rings. The first-order valence-corrected chi connectivity index (χ1v) is 7.20. The first kappa shape index (κ1) is 15.8. The second kappa shape index (κ2) is 7.98. The van der Waals surface area contributed by atoms with Crippen molar-refractivity contribution in [2.45, 2.75) is 19.8 Å². The molecule has 0 aromatic heterocycles. The standard InChI is InChI=1S/C18H20N2O2/c1-14(16-9-6-10-17(13-16)22-2)19-20-18(21)12-11-15-7-4-3-5-8-15/h3-10,13H,11-12H2,1-2H3,(H,20,21). The number of nitrogens with zero attached hydrogens (tertiary/aromatic N) is 1. The molecule has 0 unspecified atom stereocenters. The lowest BCUT2D eigenvalue weighted by molar-refractivity contribution is -0.121. The Balaban J connectivity index is 1.88. The third-order valence-electron chi connectivity index (χ3n) is 3.32. The van der Waals surface area contributed by atoms with Crippen LogP contribution < -0.4 is 10.2 Å². The molecule has 4 nitrogen and oxygen atoms in total. The lowest BCUT2D eigenvalue weighted by Gasteiger charge is -2.05. The Morgan fingerprint density at radius 1 is 1.14 bits per heavy atom. The first-order chi connectivity index (χ1) is 10.7. The van der Waals surface area contributed by atoms with Crippen molar-refractivity contribution in [1.29, 1.82) is 0 Å². The van der Waals surface area contributed by atoms with E-state index in [4.69, 9.17) is 4.74 Å². The van der Waals surface area contributed by atoms with E-state index in [1.807, 2.05) is 61.5 Å². The van der Waals surface area contributed by atoms with Crippen molar-refractivity contribution in [2.24, 2.45) is 5.10 Å². The molecule has 22 heavy (non-hydrogen) atoms. The number of hydrazone groups is 1. The number of hydrogen-bond donors (Lipinski definition) is 1. The van der Waals surface area contributed by atoms with Gasteiger partial charge in [0.2, 0.25) is 5.91 Å². The van der Waals surface area contributed by atoms with Gasteiger partial charge in [-0.3, -0.25) is 4.79 Å². The van der Waals surface area contributed by atoms with E-state index < -0.39 is 0 Å². The van der Waals surface area contributed by atoms with Gasteiger partial charge in [-0.25, -0.2) is 5.43 Å². The molecule has 0 radical (unpaired) electrons. The maximum absolute atomic E-state index is 11.8. The van der Waals surface area contributed by atoms with Crippen LogP contribution in [0, 0.1) is 0 Å². The maximum Gasteiger partial charge on any atom is 0.240 e. The Kier molecular flexibility index (Phi) is 5.72. The highest BCUT2D eigenvalue weighted by Crippen LogP contribution is 2.13. The summed E-state index contributed by atoms with van der Waals surface area (Å²) >= 11 is 0. The van der Waals surface area contributed by atoms with Gasteiger partial charge in [0.15, 0.2) is 0 Å². The Bertz CT molecular complexity index is 651. The SMILES string of the molecule is COc1cccc(C(C)=NNC(=O)CCc2ccccc2)c1. The molecule has 0 spiro atoms. The van der Waals surface area contributed by atoms with Crippen LogP contribution in [-0.2, 0) is 11.2 Å². The zero-order chi connectivity index (χ0) is 15.8. The molecule has 0 aliphatic carbocycles. The minimum atomic E-state index is -0.0916. The number of rotatable bonds is 6. The highest BCUT2D eigenvalue weighted by atomic mass is 16.5. The maximum atomic E-state index is 11.8. The highest BCUT2D eigenvalue weighted by Gasteiger charge is 2.03. The monoisotopic (exact) mass is 296 g/mol. The summed E-state index contributed by atoms with van der Waals surface area (Å²) in [4.78, 5) is 11.8. The summed E-state index contributed by atoms with van der Waals surface area (Å²) in [6.07, 6.45) is 1.12. The molecule has 0 atom stereocenters. The summed E-state index contributed by atoms with van der Waals surface area (Å²) in [6, 6.07) is 17.5. The molecule has 114 valence electrons. The minimum absolute atomic E-state index is 0.0916. The van der Waals surface area contributed by atoms with E-state index >= 15 is 0 Å². The molecule has 2 rings (SSSR count). The van der Waals surface area contributed by atoms with Gasteiger partial charge in [0.1, 0.15) is 5.75 Å². The molecule has 0 aliphatic rings. The Labute approximate surface area is 130 Å². The van der Waals surface area contributed by atoms with Crippen LogP contribution in [0.25, 0.3) is 0 Å². The van der Waals surface area contributed by atoms with Gasteiger partial charge in [-0.15, -0.1) is 0 Å². The van der Waals surface area contributed by atoms with Gasteiger partial charge in [-0.05, 0) is 31.0 Å². The summed E-state index contributed by atoms with van der Waals surface area (Å²) in [6.45, 7) is 1.85. The van der Waals surface area contributed by atoms with Crippen molar-refractivity contribution in [1.82, 2.24) is 5.43 Å². The molecule has 0 aliphatic heterocycles. The van der Waals surface area contributed by atoms with Crippen LogP contribution in [0.2, 0.25) is 0 Å². The molecule has 4 heteroatoms. The van der Waals surface area contributed by atoms with Crippen molar-refractivity contribution in [3.05, 3.63) is 65.7 Å². The number of hydrogen-bond acceptors (Lipinski definition) is 3. The predicted molar refractivity (Wildman–Crippen MR) is 88.1 cm³/mol. The molecule has 1 amide bonds. The Morgan fingerprint density at radius 3 is 2.64 bits per heavy atom. The number of carbonyl (C=O) groups excluding carboxylic acids is 1. The Hall–Kier alpha value is -2.62. The van der Waals surface area contributed by atoms with Crippen LogP contribution in [0.3, 0.4) is 0 Å². The van der Waals surface area contributed by atoms with Crippen molar-refractivity contribution in [3.63, 3.8) is 0 Å². The zero-order valence-electron chi connectivity index (χ0n) is 12.9. The molecule has 2 aromatic carbocycles. The molecule has 0 bridgehead atoms. The lowest BCUT2D eigenvalue weighted by atomic mass is 10.1. The molecule has 0 saturated heterocycles. The summed E-state index contributed by atoms with van der Waals surface area (Å²) < 4.78 is 5.18. The smallest absolute Gasteiger partial charge is 0.240 e. The van der Waals surface area contributed by atoms with Crippen molar-refractivity contribution >= 4 is 11.6 Å². The molecular weight excluding hydrogens is 276 g/mol. The van der Waals surface area contributed by atoms with Crippen molar-refractivity contribution in [2.75, 3.05) is 7.11 Å². The van der Waals surface area contributed by atoms with E-state index in [1.54, 1.807) is 7.11 Å². The topological polar surface area (TPSA) is 50.7 Å². The highest BCUT2D eigenvalue weighted by molar-refractivity contribution is 5.99. The normalized spacial score (nSPS) is 11.1. The number of methoxy groups -OCH3 is 1. The van der Waals surface area contributed by atoms with Crippen molar-refractivity contribution < 1.29 is 9.53 Å². The number of ether oxygens (including phenoxy) is 1. The van der Waals surface area contributed by atoms with Crippen LogP contribution in [0.5, 0.6) is 5.75 Å². The predicted octanol–water partition coefficient (Wildman–Crippen LogP) is 3.17. The lowest BCUT2D eigenvalue weighted by Crippen LogP contribution is -2.19. The number of carbonyl (C=O) groups is 1. The van der Waals surface area contributed by atoms with Gasteiger partial charge in [0, 0.05) is 12.0 Å². The summed E-state index contributed by atoms with van der Waals surface area (Å²) in [5.74, 6) is 0.675. The zero-order valence-corrected chi connectivity index (χ0v) is 12.9. The van der Waals surface area contributed by atoms with E-state index in [1.165, 1.54) is 0 Å². The average molecular weight is 296 g/mol. The van der Waals surface area contributed by atoms with E-state index in [9.17, 15) is 4.79 Å². The number of amides is 1. The molecule has 0 saturated carbocycles. The van der Waals surface area contributed by atoms with Gasteiger partial charge >= 0.3 is 0 Å². The van der Waals surface area contributed by atoms with Crippen LogP contribution >= 0.6 is 0 Å². The third-order valence-corrected chi connectivity index (χ3v) is 3.32. The van der Waals surface area contributed by atoms with E-state index in [0.717, 1.165) is 22.6 Å². The second-order valence-corrected chi connectivity index (χ2v) is 4.95. The Morgan fingerprint density at radius 2 is 1.91 bits per heavy atom. The average Bonchev–Trinajstić information content (AvgIpc) is 2.58. The van der Waals surface area contributed by atoms with E-state index in [-0.39, 0.29) is 5.91 Å². The first-order valence-electron chi connectivity index (χ1n) is 7.20. The van der Waals surface area contributed by atoms with E-state index in [0.29, 0.717) is 12.8 Å². The second-order valence-electron chi connectivity index (χ2n) is 4.95. The molecule has 1 N–H and O–H groups in total. The largest absolute Gasteiger partial charge is 0.497 e. The van der Waals surface area contributed by atoms with Crippen LogP contribution in [0.4, 0.5) is 0 Å². The number of aryl methyl sites for hydroxylation is 1. The quantitative estimate of drug-likeness (QED) is 0.657. The van der Waals surface area contributed by atoms with Gasteiger partial charge in [-0.1, -0.05) is 42.5 Å². The third kappa shape index (κ3) is 4.74. The van der Waals surface area contributed by atoms with Crippen LogP contribution in [-0.4, -0.2) is 18.7 Å². The fourth-order valence-electron chi connectivity index (χ4n) is 2.02. The van der Waals surface area contributed by atoms with Gasteiger partial charge < -0.3 is 4.74 Å². The van der Waals surface area contributed by atoms with Crippen LogP contribution in [0.1, 0.15) is 24.5 Å². The molecule has 2 aromatic rings. The fraction of sp³-hybridized carbons (Fsp3) is 0.222. The fourth-order valence-corrected chi connectivity index (χ4v) is 2.02. The number of nitrogens with one attached hydrogen (secondary N) is 1. The van der Waals surface area contributed by atoms with Crippen LogP contribution in [0.15, 0.2) is 59.7 Å². The summed E-state index contributed by atoms with van der Waals surface area (Å²) in [5, 5.41) is 4.14. The summed E-state index contributed by atoms with van der Waals surface area (Å²) in [5.41, 5.74) is 5.40. The van der Waals surface area contributed by atoms with E-state index in [2.05, 4.69) is 10.5 Å². The minimum Gasteiger partial charge on any atom is -0.497 e. The summed E-state index contributed by atoms with van der Waals surface area (Å²) in [7, 11) is 1.62. The number of benzene rings is 2. The van der Waals surface area contributed by atoms with Gasteiger partial charge in [-0.2, -0.15) is 5.10 Å². The molecular formula is C18H20N2O2. The van der Waals surface area contributed by atoms with Gasteiger partial charge in [0.05, 0.1) is 12.8 Å².